The molecule has 4 heteroatoms. The van der Waals surface area contributed by atoms with Crippen LogP contribution in [0.25, 0.3) is 6.08 Å². The van der Waals surface area contributed by atoms with Crippen LogP contribution in [0.2, 0.25) is 0 Å². The molecule has 1 amide bonds. The van der Waals surface area contributed by atoms with E-state index in [-0.39, 0.29) is 5.92 Å². The Morgan fingerprint density at radius 2 is 1.95 bits per heavy atom. The fourth-order valence-electron chi connectivity index (χ4n) is 3.18. The maximum absolute atomic E-state index is 12.4. The van der Waals surface area contributed by atoms with Crippen molar-refractivity contribution < 1.29 is 4.79 Å². The molecule has 2 saturated heterocycles. The van der Waals surface area contributed by atoms with Gasteiger partial charge in [0, 0.05) is 39.3 Å². The number of amides is 1. The number of benzene rings is 1. The van der Waals surface area contributed by atoms with Crippen molar-refractivity contribution in [3.8, 4) is 0 Å². The van der Waals surface area contributed by atoms with Crippen LogP contribution in [0.3, 0.4) is 0 Å². The number of piperazine rings is 1. The van der Waals surface area contributed by atoms with Crippen LogP contribution >= 0.6 is 0 Å². The summed E-state index contributed by atoms with van der Waals surface area (Å²) in [5, 5.41) is 3.28. The maximum atomic E-state index is 12.4. The van der Waals surface area contributed by atoms with Gasteiger partial charge in [0.15, 0.2) is 0 Å². The van der Waals surface area contributed by atoms with Gasteiger partial charge in [-0.15, -0.1) is 0 Å². The molecule has 0 unspecified atom stereocenters. The van der Waals surface area contributed by atoms with Gasteiger partial charge in [0.2, 0.25) is 5.91 Å². The number of rotatable bonds is 4. The van der Waals surface area contributed by atoms with Crippen molar-refractivity contribution in [2.45, 2.75) is 6.42 Å². The molecule has 0 aliphatic carbocycles. The van der Waals surface area contributed by atoms with Gasteiger partial charge in [0.1, 0.15) is 0 Å². The number of carbonyl (C=O) groups is 1. The van der Waals surface area contributed by atoms with Gasteiger partial charge in [-0.05, 0) is 18.5 Å². The lowest BCUT2D eigenvalue weighted by Crippen LogP contribution is -2.50. The van der Waals surface area contributed by atoms with Crippen molar-refractivity contribution in [3.05, 3.63) is 42.0 Å². The lowest BCUT2D eigenvalue weighted by molar-refractivity contribution is -0.136. The molecule has 118 valence electrons. The van der Waals surface area contributed by atoms with Crippen LogP contribution in [-0.2, 0) is 4.79 Å². The maximum Gasteiger partial charge on any atom is 0.227 e. The zero-order chi connectivity index (χ0) is 15.2. The molecule has 0 aromatic heterocycles. The second kappa shape index (κ2) is 7.56. The van der Waals surface area contributed by atoms with Crippen molar-refractivity contribution in [2.24, 2.45) is 5.92 Å². The first-order valence-corrected chi connectivity index (χ1v) is 8.26. The van der Waals surface area contributed by atoms with E-state index < -0.39 is 0 Å². The molecule has 2 heterocycles. The molecule has 4 nitrogen and oxygen atoms in total. The molecule has 1 N–H and O–H groups in total. The minimum Gasteiger partial charge on any atom is -0.340 e. The Kier molecular flexibility index (Phi) is 5.24. The summed E-state index contributed by atoms with van der Waals surface area (Å²) in [7, 11) is 0. The number of nitrogens with zero attached hydrogens (tertiary/aromatic N) is 2. The molecular formula is C18H25N3O. The second-order valence-electron chi connectivity index (χ2n) is 6.13. The van der Waals surface area contributed by atoms with E-state index in [2.05, 4.69) is 51.5 Å². The Balaban J connectivity index is 1.42. The third-order valence-corrected chi connectivity index (χ3v) is 4.57. The molecule has 1 aromatic rings. The summed E-state index contributed by atoms with van der Waals surface area (Å²) in [6.45, 7) is 6.50. The predicted octanol–water partition coefficient (Wildman–Crippen LogP) is 1.45. The van der Waals surface area contributed by atoms with Gasteiger partial charge in [0.25, 0.3) is 0 Å². The summed E-state index contributed by atoms with van der Waals surface area (Å²) in [5.74, 6) is 0.564. The number of carbonyl (C=O) groups excluding carboxylic acids is 1. The summed E-state index contributed by atoms with van der Waals surface area (Å²) < 4.78 is 0. The average molecular weight is 299 g/mol. The van der Waals surface area contributed by atoms with Crippen LogP contribution in [0.4, 0.5) is 0 Å². The highest BCUT2D eigenvalue weighted by atomic mass is 16.2. The molecule has 0 bridgehead atoms. The summed E-state index contributed by atoms with van der Waals surface area (Å²) in [6.07, 6.45) is 5.38. The Morgan fingerprint density at radius 3 is 2.64 bits per heavy atom. The van der Waals surface area contributed by atoms with Crippen LogP contribution in [0.5, 0.6) is 0 Å². The van der Waals surface area contributed by atoms with Crippen molar-refractivity contribution >= 4 is 12.0 Å². The summed E-state index contributed by atoms with van der Waals surface area (Å²) in [5.41, 5.74) is 1.24. The molecule has 22 heavy (non-hydrogen) atoms. The first-order chi connectivity index (χ1) is 10.8. The molecular weight excluding hydrogens is 274 g/mol. The summed E-state index contributed by atoms with van der Waals surface area (Å²) >= 11 is 0. The standard InChI is InChI=1S/C18H25N3O/c22-18(17-8-9-19-15-17)21-13-11-20(12-14-21)10-4-7-16-5-2-1-3-6-16/h1-7,17,19H,8-15H2/b7-4+/t17-/m1/s1. The fraction of sp³-hybridized carbons (Fsp3) is 0.500. The zero-order valence-corrected chi connectivity index (χ0v) is 13.1. The van der Waals surface area contributed by atoms with Crippen molar-refractivity contribution in [2.75, 3.05) is 45.8 Å². The van der Waals surface area contributed by atoms with Crippen LogP contribution in [0.1, 0.15) is 12.0 Å². The van der Waals surface area contributed by atoms with E-state index in [1.165, 1.54) is 5.56 Å². The monoisotopic (exact) mass is 299 g/mol. The SMILES string of the molecule is O=C([C@@H]1CCNC1)N1CCN(C/C=C/c2ccccc2)CC1. The van der Waals surface area contributed by atoms with Gasteiger partial charge in [-0.3, -0.25) is 9.69 Å². The van der Waals surface area contributed by atoms with Crippen LogP contribution in [0, 0.1) is 5.92 Å². The summed E-state index contributed by atoms with van der Waals surface area (Å²) in [6, 6.07) is 10.4. The minimum absolute atomic E-state index is 0.213. The van der Waals surface area contributed by atoms with Gasteiger partial charge < -0.3 is 10.2 Å². The minimum atomic E-state index is 0.213. The van der Waals surface area contributed by atoms with E-state index in [1.807, 2.05) is 6.07 Å². The molecule has 2 fully saturated rings. The first-order valence-electron chi connectivity index (χ1n) is 8.26. The van der Waals surface area contributed by atoms with Gasteiger partial charge in [-0.1, -0.05) is 42.5 Å². The summed E-state index contributed by atoms with van der Waals surface area (Å²) in [4.78, 5) is 16.8. The Labute approximate surface area is 132 Å². The number of hydrogen-bond donors (Lipinski definition) is 1. The van der Waals surface area contributed by atoms with Gasteiger partial charge in [-0.25, -0.2) is 0 Å². The van der Waals surface area contributed by atoms with E-state index in [1.54, 1.807) is 0 Å². The van der Waals surface area contributed by atoms with Crippen LogP contribution < -0.4 is 5.32 Å². The van der Waals surface area contributed by atoms with Gasteiger partial charge in [-0.2, -0.15) is 0 Å². The van der Waals surface area contributed by atoms with Gasteiger partial charge in [0.05, 0.1) is 5.92 Å². The number of hydrogen-bond acceptors (Lipinski definition) is 3. The molecule has 2 aliphatic heterocycles. The molecule has 3 rings (SSSR count). The Morgan fingerprint density at radius 1 is 1.18 bits per heavy atom. The quantitative estimate of drug-likeness (QED) is 0.914. The van der Waals surface area contributed by atoms with Crippen LogP contribution in [0.15, 0.2) is 36.4 Å². The molecule has 0 radical (unpaired) electrons. The van der Waals surface area contributed by atoms with Crippen molar-refractivity contribution in [1.82, 2.24) is 15.1 Å². The molecule has 0 spiro atoms. The van der Waals surface area contributed by atoms with E-state index >= 15 is 0 Å². The number of nitrogens with one attached hydrogen (secondary N) is 1. The zero-order valence-electron chi connectivity index (χ0n) is 13.1. The van der Waals surface area contributed by atoms with Crippen molar-refractivity contribution in [1.29, 1.82) is 0 Å². The average Bonchev–Trinajstić information content (AvgIpc) is 3.10. The topological polar surface area (TPSA) is 35.6 Å². The normalized spacial score (nSPS) is 23.3. The third kappa shape index (κ3) is 3.96. The lowest BCUT2D eigenvalue weighted by atomic mass is 10.1. The molecule has 1 aromatic carbocycles. The highest BCUT2D eigenvalue weighted by Crippen LogP contribution is 2.13. The molecule has 1 atom stereocenters. The second-order valence-corrected chi connectivity index (χ2v) is 6.13. The Bertz CT molecular complexity index is 500. The van der Waals surface area contributed by atoms with E-state index in [0.717, 1.165) is 52.2 Å². The first kappa shape index (κ1) is 15.3. The molecule has 2 aliphatic rings. The van der Waals surface area contributed by atoms with Crippen molar-refractivity contribution in [3.63, 3.8) is 0 Å². The lowest BCUT2D eigenvalue weighted by Gasteiger charge is -2.35. The fourth-order valence-corrected chi connectivity index (χ4v) is 3.18. The van der Waals surface area contributed by atoms with E-state index in [4.69, 9.17) is 0 Å². The smallest absolute Gasteiger partial charge is 0.227 e. The van der Waals surface area contributed by atoms with Gasteiger partial charge >= 0.3 is 0 Å². The molecule has 0 saturated carbocycles. The predicted molar refractivity (Wildman–Crippen MR) is 89.5 cm³/mol. The highest BCUT2D eigenvalue weighted by molar-refractivity contribution is 5.79. The van der Waals surface area contributed by atoms with E-state index in [9.17, 15) is 4.79 Å². The highest BCUT2D eigenvalue weighted by Gasteiger charge is 2.28. The largest absolute Gasteiger partial charge is 0.340 e. The van der Waals surface area contributed by atoms with Crippen LogP contribution in [-0.4, -0.2) is 61.5 Å². The van der Waals surface area contributed by atoms with E-state index in [0.29, 0.717) is 5.91 Å². The third-order valence-electron chi connectivity index (χ3n) is 4.57. The Hall–Kier alpha value is -1.65.